The van der Waals surface area contributed by atoms with Crippen LogP contribution in [0.1, 0.15) is 35.5 Å². The largest absolute Gasteiger partial charge is 0.324 e. The van der Waals surface area contributed by atoms with Gasteiger partial charge in [0.05, 0.1) is 5.69 Å². The summed E-state index contributed by atoms with van der Waals surface area (Å²) in [5.41, 5.74) is 11.0. The van der Waals surface area contributed by atoms with Crippen LogP contribution in [0.3, 0.4) is 0 Å². The maximum atomic E-state index is 6.27. The van der Waals surface area contributed by atoms with Gasteiger partial charge in [0.25, 0.3) is 0 Å². The lowest BCUT2D eigenvalue weighted by Crippen LogP contribution is -2.16. The highest BCUT2D eigenvalue weighted by atomic mass is 15.3. The number of benzene rings is 1. The Bertz CT molecular complexity index is 511. The van der Waals surface area contributed by atoms with Crippen LogP contribution in [0.5, 0.6) is 0 Å². The van der Waals surface area contributed by atoms with Gasteiger partial charge in [-0.1, -0.05) is 29.8 Å². The van der Waals surface area contributed by atoms with E-state index in [1.165, 1.54) is 16.8 Å². The first-order chi connectivity index (χ1) is 8.60. The predicted molar refractivity (Wildman–Crippen MR) is 74.4 cm³/mol. The molecule has 0 fully saturated rings. The van der Waals surface area contributed by atoms with Crippen LogP contribution in [-0.4, -0.2) is 9.78 Å². The first kappa shape index (κ1) is 12.8. The third-order valence-electron chi connectivity index (χ3n) is 3.22. The van der Waals surface area contributed by atoms with Crippen LogP contribution in [0.15, 0.2) is 30.3 Å². The quantitative estimate of drug-likeness (QED) is 0.897. The van der Waals surface area contributed by atoms with Crippen molar-refractivity contribution in [2.24, 2.45) is 5.73 Å². The molecule has 1 aromatic carbocycles. The standard InChI is InChI=1S/C15H21N3/c1-4-18-14(9-12(3)17-18)10-15(16)13-7-5-11(2)6-8-13/h5-9,15H,4,10,16H2,1-3H3. The van der Waals surface area contributed by atoms with Crippen molar-refractivity contribution in [1.29, 1.82) is 0 Å². The molecule has 0 spiro atoms. The summed E-state index contributed by atoms with van der Waals surface area (Å²) in [6.45, 7) is 7.11. The Morgan fingerprint density at radius 1 is 1.22 bits per heavy atom. The fourth-order valence-corrected chi connectivity index (χ4v) is 2.19. The van der Waals surface area contributed by atoms with Crippen molar-refractivity contribution in [1.82, 2.24) is 9.78 Å². The number of nitrogens with two attached hydrogens (primary N) is 1. The number of rotatable bonds is 4. The van der Waals surface area contributed by atoms with Crippen molar-refractivity contribution in [2.75, 3.05) is 0 Å². The Morgan fingerprint density at radius 3 is 2.50 bits per heavy atom. The molecule has 1 heterocycles. The lowest BCUT2D eigenvalue weighted by Gasteiger charge is -2.13. The summed E-state index contributed by atoms with van der Waals surface area (Å²) in [4.78, 5) is 0. The van der Waals surface area contributed by atoms with E-state index >= 15 is 0 Å². The summed E-state index contributed by atoms with van der Waals surface area (Å²) in [7, 11) is 0. The van der Waals surface area contributed by atoms with Crippen LogP contribution in [0, 0.1) is 13.8 Å². The second-order valence-corrected chi connectivity index (χ2v) is 4.81. The predicted octanol–water partition coefficient (Wildman–Crippen LogP) is 2.76. The van der Waals surface area contributed by atoms with E-state index in [1.807, 2.05) is 11.6 Å². The van der Waals surface area contributed by atoms with E-state index in [0.717, 1.165) is 18.7 Å². The summed E-state index contributed by atoms with van der Waals surface area (Å²) >= 11 is 0. The van der Waals surface area contributed by atoms with Gasteiger partial charge in [0.2, 0.25) is 0 Å². The molecular formula is C15H21N3. The second-order valence-electron chi connectivity index (χ2n) is 4.81. The zero-order chi connectivity index (χ0) is 13.1. The first-order valence-corrected chi connectivity index (χ1v) is 6.45. The molecular weight excluding hydrogens is 222 g/mol. The van der Waals surface area contributed by atoms with Crippen LogP contribution in [-0.2, 0) is 13.0 Å². The molecule has 0 amide bonds. The van der Waals surface area contributed by atoms with E-state index in [4.69, 9.17) is 5.73 Å². The van der Waals surface area contributed by atoms with Crippen molar-refractivity contribution in [3.63, 3.8) is 0 Å². The van der Waals surface area contributed by atoms with E-state index < -0.39 is 0 Å². The van der Waals surface area contributed by atoms with Crippen LogP contribution < -0.4 is 5.73 Å². The molecule has 0 aliphatic carbocycles. The number of aromatic nitrogens is 2. The monoisotopic (exact) mass is 243 g/mol. The second kappa shape index (κ2) is 5.36. The van der Waals surface area contributed by atoms with Gasteiger partial charge in [0.1, 0.15) is 0 Å². The molecule has 0 saturated carbocycles. The van der Waals surface area contributed by atoms with E-state index in [9.17, 15) is 0 Å². The average molecular weight is 243 g/mol. The molecule has 1 unspecified atom stereocenters. The summed E-state index contributed by atoms with van der Waals surface area (Å²) < 4.78 is 2.03. The third kappa shape index (κ3) is 2.79. The summed E-state index contributed by atoms with van der Waals surface area (Å²) in [5, 5.41) is 4.45. The molecule has 96 valence electrons. The van der Waals surface area contributed by atoms with Crippen molar-refractivity contribution in [3.05, 3.63) is 52.8 Å². The molecule has 2 N–H and O–H groups in total. The highest BCUT2D eigenvalue weighted by Gasteiger charge is 2.11. The van der Waals surface area contributed by atoms with Crippen molar-refractivity contribution in [3.8, 4) is 0 Å². The molecule has 18 heavy (non-hydrogen) atoms. The van der Waals surface area contributed by atoms with Gasteiger partial charge >= 0.3 is 0 Å². The molecule has 2 aromatic rings. The Morgan fingerprint density at radius 2 is 1.89 bits per heavy atom. The smallest absolute Gasteiger partial charge is 0.0596 e. The van der Waals surface area contributed by atoms with Gasteiger partial charge in [0, 0.05) is 24.7 Å². The van der Waals surface area contributed by atoms with Crippen LogP contribution >= 0.6 is 0 Å². The minimum absolute atomic E-state index is 0.0343. The van der Waals surface area contributed by atoms with Gasteiger partial charge in [-0.05, 0) is 32.4 Å². The lowest BCUT2D eigenvalue weighted by atomic mass is 10.0. The van der Waals surface area contributed by atoms with Gasteiger partial charge in [-0.3, -0.25) is 4.68 Å². The van der Waals surface area contributed by atoms with Crippen molar-refractivity contribution in [2.45, 2.75) is 39.8 Å². The fourth-order valence-electron chi connectivity index (χ4n) is 2.19. The Labute approximate surface area is 109 Å². The van der Waals surface area contributed by atoms with Crippen LogP contribution in [0.2, 0.25) is 0 Å². The zero-order valence-electron chi connectivity index (χ0n) is 11.4. The van der Waals surface area contributed by atoms with Crippen LogP contribution in [0.4, 0.5) is 0 Å². The molecule has 2 rings (SSSR count). The fraction of sp³-hybridized carbons (Fsp3) is 0.400. The minimum Gasteiger partial charge on any atom is -0.324 e. The highest BCUT2D eigenvalue weighted by molar-refractivity contribution is 5.25. The summed E-state index contributed by atoms with van der Waals surface area (Å²) in [6, 6.07) is 10.6. The highest BCUT2D eigenvalue weighted by Crippen LogP contribution is 2.17. The number of aryl methyl sites for hydroxylation is 3. The lowest BCUT2D eigenvalue weighted by molar-refractivity contribution is 0.587. The Hall–Kier alpha value is -1.61. The third-order valence-corrected chi connectivity index (χ3v) is 3.22. The molecule has 0 bridgehead atoms. The summed E-state index contributed by atoms with van der Waals surface area (Å²) in [6.07, 6.45) is 0.831. The Kier molecular flexibility index (Phi) is 3.82. The van der Waals surface area contributed by atoms with Gasteiger partial charge in [-0.15, -0.1) is 0 Å². The van der Waals surface area contributed by atoms with E-state index in [1.54, 1.807) is 0 Å². The molecule has 0 aliphatic heterocycles. The van der Waals surface area contributed by atoms with Gasteiger partial charge in [-0.2, -0.15) is 5.10 Å². The van der Waals surface area contributed by atoms with Gasteiger partial charge < -0.3 is 5.73 Å². The van der Waals surface area contributed by atoms with Crippen LogP contribution in [0.25, 0.3) is 0 Å². The Balaban J connectivity index is 2.15. The van der Waals surface area contributed by atoms with E-state index in [-0.39, 0.29) is 6.04 Å². The maximum absolute atomic E-state index is 6.27. The van der Waals surface area contributed by atoms with Gasteiger partial charge in [-0.25, -0.2) is 0 Å². The first-order valence-electron chi connectivity index (χ1n) is 6.45. The molecule has 0 aliphatic rings. The van der Waals surface area contributed by atoms with Crippen molar-refractivity contribution < 1.29 is 0 Å². The molecule has 0 saturated heterocycles. The van der Waals surface area contributed by atoms with E-state index in [0.29, 0.717) is 0 Å². The average Bonchev–Trinajstić information content (AvgIpc) is 2.70. The molecule has 0 radical (unpaired) electrons. The maximum Gasteiger partial charge on any atom is 0.0596 e. The van der Waals surface area contributed by atoms with Crippen molar-refractivity contribution >= 4 is 0 Å². The summed E-state index contributed by atoms with van der Waals surface area (Å²) in [5.74, 6) is 0. The molecule has 1 aromatic heterocycles. The normalized spacial score (nSPS) is 12.7. The van der Waals surface area contributed by atoms with E-state index in [2.05, 4.69) is 49.3 Å². The van der Waals surface area contributed by atoms with Gasteiger partial charge in [0.15, 0.2) is 0 Å². The topological polar surface area (TPSA) is 43.8 Å². The molecule has 3 heteroatoms. The SMILES string of the molecule is CCn1nc(C)cc1CC(N)c1ccc(C)cc1. The number of hydrogen-bond donors (Lipinski definition) is 1. The molecule has 3 nitrogen and oxygen atoms in total. The minimum atomic E-state index is 0.0343. The number of hydrogen-bond acceptors (Lipinski definition) is 2. The number of nitrogens with zero attached hydrogens (tertiary/aromatic N) is 2. The molecule has 1 atom stereocenters. The zero-order valence-corrected chi connectivity index (χ0v) is 11.4.